The predicted octanol–water partition coefficient (Wildman–Crippen LogP) is 3.07. The number of ether oxygens (including phenoxy) is 1. The Kier molecular flexibility index (Phi) is 8.59. The van der Waals surface area contributed by atoms with Gasteiger partial charge in [-0.3, -0.25) is 0 Å². The van der Waals surface area contributed by atoms with E-state index in [-0.39, 0.29) is 36.7 Å². The summed E-state index contributed by atoms with van der Waals surface area (Å²) in [7, 11) is -2.72. The first-order valence-corrected chi connectivity index (χ1v) is 11.5. The monoisotopic (exact) mass is 468 g/mol. The van der Waals surface area contributed by atoms with Gasteiger partial charge in [0.15, 0.2) is 0 Å². The van der Waals surface area contributed by atoms with Crippen LogP contribution in [0.3, 0.4) is 0 Å². The van der Waals surface area contributed by atoms with Gasteiger partial charge in [-0.2, -0.15) is 4.31 Å². The summed E-state index contributed by atoms with van der Waals surface area (Å²) in [5, 5.41) is 22.7. The molecule has 0 saturated carbocycles. The van der Waals surface area contributed by atoms with E-state index in [4.69, 9.17) is 9.84 Å². The van der Waals surface area contributed by atoms with Crippen molar-refractivity contribution in [2.75, 3.05) is 20.2 Å². The fraction of sp³-hybridized carbons (Fsp3) is 0.409. The van der Waals surface area contributed by atoms with Gasteiger partial charge in [0.2, 0.25) is 10.0 Å². The standard InChI is InChI=1S/C22H29FN2O6S/c1-16(2)15-25(32(29,30)20-10-8-19(31-3)9-11-20)22(28,12-13-24-21(26)27)14-17-4-6-18(23)7-5-17/h4-11,16,24,28H,12-15H2,1-3H3,(H,26,27). The van der Waals surface area contributed by atoms with Gasteiger partial charge >= 0.3 is 6.09 Å². The van der Waals surface area contributed by atoms with E-state index in [9.17, 15) is 22.7 Å². The zero-order valence-corrected chi connectivity index (χ0v) is 19.1. The van der Waals surface area contributed by atoms with E-state index in [0.29, 0.717) is 11.3 Å². The summed E-state index contributed by atoms with van der Waals surface area (Å²) in [4.78, 5) is 10.9. The van der Waals surface area contributed by atoms with E-state index in [0.717, 1.165) is 4.31 Å². The summed E-state index contributed by atoms with van der Waals surface area (Å²) in [6, 6.07) is 11.1. The molecule has 0 saturated heterocycles. The third kappa shape index (κ3) is 6.65. The maximum atomic E-state index is 13.6. The lowest BCUT2D eigenvalue weighted by molar-refractivity contribution is -0.0701. The molecule has 10 heteroatoms. The van der Waals surface area contributed by atoms with E-state index in [1.165, 1.54) is 55.6 Å². The normalized spacial score (nSPS) is 13.7. The molecule has 8 nitrogen and oxygen atoms in total. The SMILES string of the molecule is COc1ccc(S(=O)(=O)N(CC(C)C)C(O)(CCNC(=O)O)Cc2ccc(F)cc2)cc1. The third-order valence-electron chi connectivity index (χ3n) is 4.84. The van der Waals surface area contributed by atoms with Crippen molar-refractivity contribution >= 4 is 16.1 Å². The van der Waals surface area contributed by atoms with Gasteiger partial charge in [0.25, 0.3) is 0 Å². The summed E-state index contributed by atoms with van der Waals surface area (Å²) in [6.45, 7) is 3.42. The molecule has 0 spiro atoms. The highest BCUT2D eigenvalue weighted by Crippen LogP contribution is 2.31. The van der Waals surface area contributed by atoms with Crippen LogP contribution in [0.25, 0.3) is 0 Å². The molecule has 0 heterocycles. The summed E-state index contributed by atoms with van der Waals surface area (Å²) < 4.78 is 46.6. The molecule has 2 aromatic rings. The average molecular weight is 469 g/mol. The van der Waals surface area contributed by atoms with Crippen molar-refractivity contribution in [2.24, 2.45) is 5.92 Å². The number of methoxy groups -OCH3 is 1. The first kappa shape index (κ1) is 25.6. The van der Waals surface area contributed by atoms with Crippen molar-refractivity contribution in [3.63, 3.8) is 0 Å². The van der Waals surface area contributed by atoms with Crippen molar-refractivity contribution in [1.29, 1.82) is 0 Å². The molecule has 32 heavy (non-hydrogen) atoms. The number of amides is 1. The Morgan fingerprint density at radius 2 is 1.75 bits per heavy atom. The second kappa shape index (κ2) is 10.8. The van der Waals surface area contributed by atoms with Crippen LogP contribution in [-0.2, 0) is 16.4 Å². The molecule has 0 aromatic heterocycles. The minimum atomic E-state index is -4.18. The van der Waals surface area contributed by atoms with Gasteiger partial charge in [0.05, 0.1) is 12.0 Å². The molecular weight excluding hydrogens is 439 g/mol. The van der Waals surface area contributed by atoms with Crippen LogP contribution in [-0.4, -0.2) is 55.0 Å². The van der Waals surface area contributed by atoms with Crippen LogP contribution < -0.4 is 10.1 Å². The van der Waals surface area contributed by atoms with Gasteiger partial charge < -0.3 is 20.3 Å². The molecule has 1 amide bonds. The summed E-state index contributed by atoms with van der Waals surface area (Å²) in [5.74, 6) is -0.128. The lowest BCUT2D eigenvalue weighted by atomic mass is 9.98. The Morgan fingerprint density at radius 1 is 1.16 bits per heavy atom. The van der Waals surface area contributed by atoms with Gasteiger partial charge in [-0.05, 0) is 47.9 Å². The van der Waals surface area contributed by atoms with Crippen molar-refractivity contribution in [2.45, 2.75) is 37.3 Å². The lowest BCUT2D eigenvalue weighted by Gasteiger charge is -2.40. The molecule has 2 rings (SSSR count). The zero-order chi connectivity index (χ0) is 23.9. The second-order valence-corrected chi connectivity index (χ2v) is 9.74. The summed E-state index contributed by atoms with van der Waals surface area (Å²) in [6.07, 6.45) is -1.65. The minimum absolute atomic E-state index is 0.0148. The zero-order valence-electron chi connectivity index (χ0n) is 18.3. The number of nitrogens with one attached hydrogen (secondary N) is 1. The fourth-order valence-corrected chi connectivity index (χ4v) is 5.13. The first-order chi connectivity index (χ1) is 15.0. The van der Waals surface area contributed by atoms with Crippen molar-refractivity contribution in [1.82, 2.24) is 9.62 Å². The number of hydrogen-bond acceptors (Lipinski definition) is 5. The van der Waals surface area contributed by atoms with Crippen LogP contribution in [0.15, 0.2) is 53.4 Å². The lowest BCUT2D eigenvalue weighted by Crippen LogP contribution is -2.55. The molecule has 0 aliphatic heterocycles. The molecule has 0 fully saturated rings. The van der Waals surface area contributed by atoms with Crippen LogP contribution in [0.4, 0.5) is 9.18 Å². The Labute approximate surface area is 187 Å². The third-order valence-corrected chi connectivity index (χ3v) is 6.78. The molecule has 3 N–H and O–H groups in total. The van der Waals surface area contributed by atoms with Gasteiger partial charge in [-0.1, -0.05) is 26.0 Å². The van der Waals surface area contributed by atoms with E-state index in [1.807, 2.05) is 13.8 Å². The van der Waals surface area contributed by atoms with Crippen LogP contribution in [0.2, 0.25) is 0 Å². The number of sulfonamides is 1. The first-order valence-electron chi connectivity index (χ1n) is 10.1. The highest BCUT2D eigenvalue weighted by atomic mass is 32.2. The number of nitrogens with zero attached hydrogens (tertiary/aromatic N) is 1. The van der Waals surface area contributed by atoms with E-state index >= 15 is 0 Å². The van der Waals surface area contributed by atoms with Crippen LogP contribution in [0, 0.1) is 11.7 Å². The number of hydrogen-bond donors (Lipinski definition) is 3. The molecule has 0 bridgehead atoms. The largest absolute Gasteiger partial charge is 0.497 e. The van der Waals surface area contributed by atoms with Crippen molar-refractivity contribution in [3.8, 4) is 5.75 Å². The number of benzene rings is 2. The van der Waals surface area contributed by atoms with E-state index in [1.54, 1.807) is 0 Å². The van der Waals surface area contributed by atoms with Gasteiger partial charge in [0.1, 0.15) is 17.3 Å². The summed E-state index contributed by atoms with van der Waals surface area (Å²) in [5.41, 5.74) is -1.47. The van der Waals surface area contributed by atoms with Crippen LogP contribution >= 0.6 is 0 Å². The number of carbonyl (C=O) groups is 1. The molecular formula is C22H29FN2O6S. The number of halogens is 1. The van der Waals surface area contributed by atoms with Gasteiger partial charge in [-0.15, -0.1) is 0 Å². The van der Waals surface area contributed by atoms with E-state index < -0.39 is 27.7 Å². The Balaban J connectivity index is 2.51. The molecule has 0 radical (unpaired) electrons. The fourth-order valence-electron chi connectivity index (χ4n) is 3.30. The number of aliphatic hydroxyl groups is 1. The van der Waals surface area contributed by atoms with Gasteiger partial charge in [0, 0.05) is 25.9 Å². The Hall–Kier alpha value is -2.69. The van der Waals surface area contributed by atoms with Crippen molar-refractivity contribution in [3.05, 3.63) is 59.9 Å². The summed E-state index contributed by atoms with van der Waals surface area (Å²) >= 11 is 0. The smallest absolute Gasteiger partial charge is 0.404 e. The molecule has 0 aliphatic carbocycles. The molecule has 0 aliphatic rings. The Morgan fingerprint density at radius 3 is 2.25 bits per heavy atom. The quantitative estimate of drug-likeness (QED) is 0.437. The number of carboxylic acid groups (broad SMARTS) is 1. The van der Waals surface area contributed by atoms with Crippen molar-refractivity contribution < 1.29 is 32.6 Å². The minimum Gasteiger partial charge on any atom is -0.497 e. The van der Waals surface area contributed by atoms with Crippen LogP contribution in [0.1, 0.15) is 25.8 Å². The van der Waals surface area contributed by atoms with E-state index in [2.05, 4.69) is 5.32 Å². The second-order valence-electron chi connectivity index (χ2n) is 7.87. The molecule has 1 unspecified atom stereocenters. The highest BCUT2D eigenvalue weighted by Gasteiger charge is 2.43. The highest BCUT2D eigenvalue weighted by molar-refractivity contribution is 7.89. The maximum absolute atomic E-state index is 13.6. The predicted molar refractivity (Wildman–Crippen MR) is 117 cm³/mol. The molecule has 1 atom stereocenters. The Bertz CT molecular complexity index is 996. The maximum Gasteiger partial charge on any atom is 0.404 e. The van der Waals surface area contributed by atoms with Crippen LogP contribution in [0.5, 0.6) is 5.75 Å². The topological polar surface area (TPSA) is 116 Å². The molecule has 176 valence electrons. The molecule has 2 aromatic carbocycles. The number of rotatable bonds is 11. The average Bonchev–Trinajstić information content (AvgIpc) is 2.73. The van der Waals surface area contributed by atoms with Gasteiger partial charge in [-0.25, -0.2) is 17.6 Å².